The molecule has 2 bridgehead atoms. The van der Waals surface area contributed by atoms with Crippen LogP contribution in [0.4, 0.5) is 0 Å². The van der Waals surface area contributed by atoms with Crippen LogP contribution in [0, 0.1) is 17.8 Å². The Kier molecular flexibility index (Phi) is 4.89. The van der Waals surface area contributed by atoms with E-state index in [1.165, 1.54) is 36.8 Å². The first-order chi connectivity index (χ1) is 12.2. The molecular formula is C21H29N3O. The summed E-state index contributed by atoms with van der Waals surface area (Å²) in [6.45, 7) is 4.51. The van der Waals surface area contributed by atoms with Crippen LogP contribution < -0.4 is 5.32 Å². The Balaban J connectivity index is 1.25. The van der Waals surface area contributed by atoms with Crippen LogP contribution in [-0.2, 0) is 4.79 Å². The van der Waals surface area contributed by atoms with E-state index in [9.17, 15) is 4.79 Å². The van der Waals surface area contributed by atoms with Gasteiger partial charge in [0.1, 0.15) is 0 Å². The first-order valence-electron chi connectivity index (χ1n) is 9.80. The smallest absolute Gasteiger partial charge is 0.234 e. The number of carbonyl (C=O) groups excluding carboxylic acids is 1. The lowest BCUT2D eigenvalue weighted by Crippen LogP contribution is -2.45. The lowest BCUT2D eigenvalue weighted by Gasteiger charge is -2.30. The number of carbonyl (C=O) groups is 1. The number of amides is 1. The van der Waals surface area contributed by atoms with Crippen LogP contribution >= 0.6 is 0 Å². The molecule has 0 spiro atoms. The number of hydrogen-bond donors (Lipinski definition) is 1. The minimum absolute atomic E-state index is 0.188. The molecule has 1 aromatic heterocycles. The van der Waals surface area contributed by atoms with Crippen molar-refractivity contribution < 1.29 is 4.79 Å². The molecule has 2 aliphatic carbocycles. The second-order valence-corrected chi connectivity index (χ2v) is 8.15. The average molecular weight is 339 g/mol. The van der Waals surface area contributed by atoms with Crippen LogP contribution in [0.15, 0.2) is 30.6 Å². The molecule has 1 N–H and O–H groups in total. The van der Waals surface area contributed by atoms with Crippen molar-refractivity contribution in [2.45, 2.75) is 45.1 Å². The van der Waals surface area contributed by atoms with Crippen molar-refractivity contribution in [3.05, 3.63) is 36.2 Å². The molecule has 0 saturated heterocycles. The van der Waals surface area contributed by atoms with Crippen LogP contribution in [-0.4, -0.2) is 41.5 Å². The van der Waals surface area contributed by atoms with E-state index in [0.29, 0.717) is 18.5 Å². The van der Waals surface area contributed by atoms with Gasteiger partial charge in [-0.05, 0) is 67.6 Å². The van der Waals surface area contributed by atoms with Gasteiger partial charge in [0.05, 0.1) is 6.54 Å². The van der Waals surface area contributed by atoms with Gasteiger partial charge < -0.3 is 5.32 Å². The molecule has 1 aliphatic heterocycles. The van der Waals surface area contributed by atoms with E-state index in [4.69, 9.17) is 0 Å². The molecule has 1 amide bonds. The summed E-state index contributed by atoms with van der Waals surface area (Å²) in [4.78, 5) is 18.9. The van der Waals surface area contributed by atoms with E-state index in [2.05, 4.69) is 34.3 Å². The zero-order valence-electron chi connectivity index (χ0n) is 15.2. The SMILES string of the molecule is C[C@@H](NC(=O)CN1CC=C(c2cccnc2)CC1)[C@H]1C[C@H]2CC[C@H]1C2. The summed E-state index contributed by atoms with van der Waals surface area (Å²) in [6, 6.07) is 4.42. The third-order valence-corrected chi connectivity index (χ3v) is 6.52. The zero-order chi connectivity index (χ0) is 17.2. The lowest BCUT2D eigenvalue weighted by molar-refractivity contribution is -0.123. The number of aromatic nitrogens is 1. The van der Waals surface area contributed by atoms with Crippen molar-refractivity contribution in [1.82, 2.24) is 15.2 Å². The number of nitrogens with zero attached hydrogens (tertiary/aromatic N) is 2. The Labute approximate surface area is 150 Å². The highest BCUT2D eigenvalue weighted by Crippen LogP contribution is 2.49. The van der Waals surface area contributed by atoms with Gasteiger partial charge in [0, 0.05) is 31.5 Å². The Hall–Kier alpha value is -1.68. The van der Waals surface area contributed by atoms with Gasteiger partial charge in [-0.2, -0.15) is 0 Å². The largest absolute Gasteiger partial charge is 0.352 e. The Morgan fingerprint density at radius 1 is 1.40 bits per heavy atom. The fourth-order valence-corrected chi connectivity index (χ4v) is 5.19. The summed E-state index contributed by atoms with van der Waals surface area (Å²) in [5.41, 5.74) is 2.55. The lowest BCUT2D eigenvalue weighted by atomic mass is 9.84. The molecule has 25 heavy (non-hydrogen) atoms. The van der Waals surface area contributed by atoms with Gasteiger partial charge in [-0.1, -0.05) is 18.6 Å². The third-order valence-electron chi connectivity index (χ3n) is 6.52. The van der Waals surface area contributed by atoms with Crippen LogP contribution in [0.25, 0.3) is 5.57 Å². The molecule has 2 fully saturated rings. The highest BCUT2D eigenvalue weighted by atomic mass is 16.2. The molecule has 0 aromatic carbocycles. The summed E-state index contributed by atoms with van der Waals surface area (Å²) in [5, 5.41) is 3.29. The maximum atomic E-state index is 12.5. The highest BCUT2D eigenvalue weighted by molar-refractivity contribution is 5.78. The molecule has 3 aliphatic rings. The summed E-state index contributed by atoms with van der Waals surface area (Å²) >= 11 is 0. The molecule has 2 saturated carbocycles. The van der Waals surface area contributed by atoms with Gasteiger partial charge >= 0.3 is 0 Å². The number of hydrogen-bond acceptors (Lipinski definition) is 3. The van der Waals surface area contributed by atoms with E-state index >= 15 is 0 Å². The van der Waals surface area contributed by atoms with Crippen molar-refractivity contribution >= 4 is 11.5 Å². The molecule has 134 valence electrons. The molecule has 4 nitrogen and oxygen atoms in total. The molecule has 4 rings (SSSR count). The van der Waals surface area contributed by atoms with Gasteiger partial charge in [0.25, 0.3) is 0 Å². The van der Waals surface area contributed by atoms with E-state index < -0.39 is 0 Å². The maximum Gasteiger partial charge on any atom is 0.234 e. The number of nitrogens with one attached hydrogen (secondary N) is 1. The fourth-order valence-electron chi connectivity index (χ4n) is 5.19. The van der Waals surface area contributed by atoms with Crippen LogP contribution in [0.2, 0.25) is 0 Å². The topological polar surface area (TPSA) is 45.2 Å². The van der Waals surface area contributed by atoms with Crippen molar-refractivity contribution in [3.8, 4) is 0 Å². The maximum absolute atomic E-state index is 12.5. The highest BCUT2D eigenvalue weighted by Gasteiger charge is 2.42. The zero-order valence-corrected chi connectivity index (χ0v) is 15.2. The van der Waals surface area contributed by atoms with Gasteiger partial charge in [-0.25, -0.2) is 0 Å². The molecule has 1 aromatic rings. The van der Waals surface area contributed by atoms with Crippen LogP contribution in [0.3, 0.4) is 0 Å². The van der Waals surface area contributed by atoms with Gasteiger partial charge in [0.2, 0.25) is 5.91 Å². The van der Waals surface area contributed by atoms with Crippen molar-refractivity contribution in [3.63, 3.8) is 0 Å². The van der Waals surface area contributed by atoms with Crippen LogP contribution in [0.5, 0.6) is 0 Å². The second-order valence-electron chi connectivity index (χ2n) is 8.15. The van der Waals surface area contributed by atoms with E-state index in [1.54, 1.807) is 6.20 Å². The minimum atomic E-state index is 0.188. The number of pyridine rings is 1. The number of fused-ring (bicyclic) bond motifs is 2. The minimum Gasteiger partial charge on any atom is -0.352 e. The summed E-state index contributed by atoms with van der Waals surface area (Å²) in [6.07, 6.45) is 12.5. The Morgan fingerprint density at radius 2 is 2.32 bits per heavy atom. The monoisotopic (exact) mass is 339 g/mol. The van der Waals surface area contributed by atoms with Gasteiger partial charge in [-0.15, -0.1) is 0 Å². The molecule has 2 heterocycles. The quantitative estimate of drug-likeness (QED) is 0.896. The predicted molar refractivity (Wildman–Crippen MR) is 99.8 cm³/mol. The van der Waals surface area contributed by atoms with E-state index in [-0.39, 0.29) is 5.91 Å². The molecule has 0 radical (unpaired) electrons. The van der Waals surface area contributed by atoms with E-state index in [0.717, 1.165) is 31.3 Å². The summed E-state index contributed by atoms with van der Waals surface area (Å²) in [5.74, 6) is 2.70. The second kappa shape index (κ2) is 7.28. The molecule has 4 atom stereocenters. The predicted octanol–water partition coefficient (Wildman–Crippen LogP) is 3.11. The summed E-state index contributed by atoms with van der Waals surface area (Å²) < 4.78 is 0. The fraction of sp³-hybridized carbons (Fsp3) is 0.619. The average Bonchev–Trinajstić information content (AvgIpc) is 3.26. The standard InChI is InChI=1S/C21H29N3O/c1-15(20-12-16-4-5-18(20)11-16)23-21(25)14-24-9-6-17(7-10-24)19-3-2-8-22-13-19/h2-3,6,8,13,15-16,18,20H,4-5,7,9-12,14H2,1H3,(H,23,25)/t15-,16+,18+,20-/m1/s1. The third kappa shape index (κ3) is 3.79. The van der Waals surface area contributed by atoms with Crippen molar-refractivity contribution in [2.24, 2.45) is 17.8 Å². The van der Waals surface area contributed by atoms with Gasteiger partial charge in [-0.3, -0.25) is 14.7 Å². The Morgan fingerprint density at radius 3 is 2.96 bits per heavy atom. The number of rotatable bonds is 5. The Bertz CT molecular complexity index is 642. The molecule has 4 heteroatoms. The van der Waals surface area contributed by atoms with Crippen molar-refractivity contribution in [2.75, 3.05) is 19.6 Å². The van der Waals surface area contributed by atoms with Crippen LogP contribution in [0.1, 0.15) is 44.6 Å². The first kappa shape index (κ1) is 16.8. The van der Waals surface area contributed by atoms with E-state index in [1.807, 2.05) is 12.3 Å². The summed E-state index contributed by atoms with van der Waals surface area (Å²) in [7, 11) is 0. The van der Waals surface area contributed by atoms with Gasteiger partial charge in [0.15, 0.2) is 0 Å². The molecular weight excluding hydrogens is 310 g/mol. The normalized spacial score (nSPS) is 30.1. The molecule has 0 unspecified atom stereocenters. The first-order valence-corrected chi connectivity index (χ1v) is 9.80. The van der Waals surface area contributed by atoms with Crippen molar-refractivity contribution in [1.29, 1.82) is 0 Å².